The van der Waals surface area contributed by atoms with Crippen LogP contribution in [0.1, 0.15) is 24.5 Å². The molecule has 1 atom stereocenters. The van der Waals surface area contributed by atoms with E-state index >= 15 is 0 Å². The fourth-order valence-corrected chi connectivity index (χ4v) is 2.84. The van der Waals surface area contributed by atoms with E-state index in [0.29, 0.717) is 28.5 Å². The number of para-hydroxylation sites is 1. The number of anilines is 1. The maximum atomic E-state index is 13.1. The molecule has 4 aromatic rings. The lowest BCUT2D eigenvalue weighted by atomic mass is 10.2. The topological polar surface area (TPSA) is 81.7 Å². The van der Waals surface area contributed by atoms with E-state index in [-0.39, 0.29) is 11.7 Å². The molecule has 0 fully saturated rings. The van der Waals surface area contributed by atoms with Gasteiger partial charge in [-0.05, 0) is 50.2 Å². The molecule has 1 unspecified atom stereocenters. The van der Waals surface area contributed by atoms with Gasteiger partial charge >= 0.3 is 11.9 Å². The van der Waals surface area contributed by atoms with Crippen LogP contribution in [0.25, 0.3) is 17.2 Å². The van der Waals surface area contributed by atoms with Gasteiger partial charge in [0.1, 0.15) is 5.82 Å². The highest BCUT2D eigenvalue weighted by atomic mass is 19.1. The molecule has 142 valence electrons. The molecule has 2 aromatic heterocycles. The largest absolute Gasteiger partial charge is 0.438 e. The third-order valence-corrected chi connectivity index (χ3v) is 4.23. The van der Waals surface area contributed by atoms with Gasteiger partial charge in [-0.25, -0.2) is 9.18 Å². The Hall–Kier alpha value is -3.68. The second-order valence-electron chi connectivity index (χ2n) is 6.23. The monoisotopic (exact) mass is 380 g/mol. The van der Waals surface area contributed by atoms with Crippen molar-refractivity contribution in [3.8, 4) is 11.4 Å². The quantitative estimate of drug-likeness (QED) is 0.553. The summed E-state index contributed by atoms with van der Waals surface area (Å²) < 4.78 is 25.8. The number of carbonyl (C=O) groups excluding carboxylic acids is 1. The predicted molar refractivity (Wildman–Crippen MR) is 100 cm³/mol. The van der Waals surface area contributed by atoms with Crippen LogP contribution in [0, 0.1) is 12.7 Å². The molecule has 1 amide bonds. The molecule has 2 heterocycles. The lowest BCUT2D eigenvalue weighted by Crippen LogP contribution is -2.16. The van der Waals surface area contributed by atoms with E-state index in [0.717, 1.165) is 0 Å². The number of oxazole rings is 1. The van der Waals surface area contributed by atoms with Crippen LogP contribution in [-0.2, 0) is 4.74 Å². The highest BCUT2D eigenvalue weighted by molar-refractivity contribution is 5.84. The Morgan fingerprint density at radius 1 is 1.18 bits per heavy atom. The number of halogens is 1. The van der Waals surface area contributed by atoms with Crippen molar-refractivity contribution in [1.82, 2.24) is 14.6 Å². The number of aromatic nitrogens is 3. The van der Waals surface area contributed by atoms with Crippen molar-refractivity contribution in [2.45, 2.75) is 20.0 Å². The molecule has 0 saturated carbocycles. The van der Waals surface area contributed by atoms with Crippen molar-refractivity contribution in [1.29, 1.82) is 0 Å². The van der Waals surface area contributed by atoms with Crippen molar-refractivity contribution < 1.29 is 18.3 Å². The van der Waals surface area contributed by atoms with Gasteiger partial charge < -0.3 is 9.15 Å². The first-order valence-corrected chi connectivity index (χ1v) is 8.66. The number of fused-ring (bicyclic) bond motifs is 1. The number of nitrogens with zero attached hydrogens (tertiary/aromatic N) is 3. The Labute approximate surface area is 159 Å². The van der Waals surface area contributed by atoms with E-state index in [1.807, 2.05) is 18.2 Å². The molecule has 28 heavy (non-hydrogen) atoms. The van der Waals surface area contributed by atoms with Crippen molar-refractivity contribution in [3.63, 3.8) is 0 Å². The summed E-state index contributed by atoms with van der Waals surface area (Å²) in [5.74, 6) is 0.809. The van der Waals surface area contributed by atoms with E-state index in [1.54, 1.807) is 38.1 Å². The van der Waals surface area contributed by atoms with Crippen molar-refractivity contribution in [2.75, 3.05) is 5.32 Å². The van der Waals surface area contributed by atoms with E-state index in [9.17, 15) is 9.18 Å². The molecule has 4 rings (SSSR count). The third-order valence-electron chi connectivity index (χ3n) is 4.23. The minimum absolute atomic E-state index is 0.269. The molecule has 0 bridgehead atoms. The average molecular weight is 380 g/mol. The zero-order valence-corrected chi connectivity index (χ0v) is 15.2. The standard InChI is InChI=1S/C20H17FN4O3/c1-12-17(13(2)27-20(26)22-16-6-4-3-5-7-16)28-19-23-18(24-25(12)19)14-8-10-15(21)11-9-14/h3-11,13H,1-2H3,(H,22,26). The van der Waals surface area contributed by atoms with Crippen LogP contribution in [0.5, 0.6) is 0 Å². The lowest BCUT2D eigenvalue weighted by Gasteiger charge is -2.12. The van der Waals surface area contributed by atoms with E-state index in [2.05, 4.69) is 15.4 Å². The van der Waals surface area contributed by atoms with Crippen LogP contribution >= 0.6 is 0 Å². The Kier molecular flexibility index (Phi) is 4.52. The maximum absolute atomic E-state index is 13.1. The number of aryl methyl sites for hydroxylation is 1. The summed E-state index contributed by atoms with van der Waals surface area (Å²) in [4.78, 5) is 16.4. The van der Waals surface area contributed by atoms with Gasteiger partial charge in [0.05, 0.1) is 5.69 Å². The van der Waals surface area contributed by atoms with Gasteiger partial charge in [0, 0.05) is 11.3 Å². The zero-order chi connectivity index (χ0) is 19.7. The van der Waals surface area contributed by atoms with Crippen molar-refractivity contribution in [2.24, 2.45) is 0 Å². The number of rotatable bonds is 4. The van der Waals surface area contributed by atoms with Crippen LogP contribution in [0.4, 0.5) is 14.9 Å². The van der Waals surface area contributed by atoms with E-state index < -0.39 is 12.2 Å². The minimum Gasteiger partial charge on any atom is -0.438 e. The average Bonchev–Trinajstić information content (AvgIpc) is 3.23. The predicted octanol–water partition coefficient (Wildman–Crippen LogP) is 4.75. The molecule has 0 saturated heterocycles. The molecule has 0 aliphatic carbocycles. The summed E-state index contributed by atoms with van der Waals surface area (Å²) in [5, 5.41) is 7.05. The Balaban J connectivity index is 1.52. The smallest absolute Gasteiger partial charge is 0.412 e. The molecule has 7 nitrogen and oxygen atoms in total. The van der Waals surface area contributed by atoms with Crippen LogP contribution in [0.3, 0.4) is 0 Å². The fourth-order valence-electron chi connectivity index (χ4n) is 2.84. The summed E-state index contributed by atoms with van der Waals surface area (Å²) in [6.45, 7) is 3.50. The summed E-state index contributed by atoms with van der Waals surface area (Å²) in [6, 6.07) is 14.9. The lowest BCUT2D eigenvalue weighted by molar-refractivity contribution is 0.108. The van der Waals surface area contributed by atoms with Gasteiger partial charge in [-0.1, -0.05) is 18.2 Å². The van der Waals surface area contributed by atoms with Crippen molar-refractivity contribution >= 4 is 17.6 Å². The Morgan fingerprint density at radius 3 is 2.57 bits per heavy atom. The third kappa shape index (κ3) is 3.44. The fraction of sp³-hybridized carbons (Fsp3) is 0.150. The highest BCUT2D eigenvalue weighted by Gasteiger charge is 2.23. The number of carbonyl (C=O) groups is 1. The number of nitrogens with one attached hydrogen (secondary N) is 1. The Bertz CT molecular complexity index is 1120. The van der Waals surface area contributed by atoms with E-state index in [1.165, 1.54) is 16.6 Å². The van der Waals surface area contributed by atoms with Crippen LogP contribution in [-0.4, -0.2) is 20.7 Å². The van der Waals surface area contributed by atoms with Gasteiger partial charge in [0.15, 0.2) is 17.7 Å². The highest BCUT2D eigenvalue weighted by Crippen LogP contribution is 2.26. The molecule has 0 aliphatic heterocycles. The summed E-state index contributed by atoms with van der Waals surface area (Å²) in [5.41, 5.74) is 1.97. The second kappa shape index (κ2) is 7.15. The minimum atomic E-state index is -0.638. The SMILES string of the molecule is Cc1c(C(C)OC(=O)Nc2ccccc2)oc2nc(-c3ccc(F)cc3)nn12. The van der Waals surface area contributed by atoms with Crippen molar-refractivity contribution in [3.05, 3.63) is 71.9 Å². The molecule has 8 heteroatoms. The van der Waals surface area contributed by atoms with Crippen LogP contribution in [0.15, 0.2) is 59.0 Å². The summed E-state index contributed by atoms with van der Waals surface area (Å²) >= 11 is 0. The molecule has 0 spiro atoms. The maximum Gasteiger partial charge on any atom is 0.412 e. The summed E-state index contributed by atoms with van der Waals surface area (Å²) in [7, 11) is 0. The molecule has 1 N–H and O–H groups in total. The van der Waals surface area contributed by atoms with Crippen LogP contribution < -0.4 is 5.32 Å². The second-order valence-corrected chi connectivity index (χ2v) is 6.23. The van der Waals surface area contributed by atoms with Gasteiger partial charge in [-0.3, -0.25) is 5.32 Å². The Morgan fingerprint density at radius 2 is 1.89 bits per heavy atom. The number of ether oxygens (including phenoxy) is 1. The van der Waals surface area contributed by atoms with Gasteiger partial charge in [0.25, 0.3) is 0 Å². The van der Waals surface area contributed by atoms with Gasteiger partial charge in [-0.15, -0.1) is 5.10 Å². The normalized spacial score (nSPS) is 12.1. The summed E-state index contributed by atoms with van der Waals surface area (Å²) in [6.07, 6.45) is -1.23. The first-order valence-electron chi connectivity index (χ1n) is 8.66. The van der Waals surface area contributed by atoms with Crippen LogP contribution in [0.2, 0.25) is 0 Å². The molecular weight excluding hydrogens is 363 g/mol. The number of hydrogen-bond donors (Lipinski definition) is 1. The zero-order valence-electron chi connectivity index (χ0n) is 15.2. The van der Waals surface area contributed by atoms with Gasteiger partial charge in [-0.2, -0.15) is 9.50 Å². The first-order chi connectivity index (χ1) is 13.5. The molecule has 0 aliphatic rings. The molecular formula is C20H17FN4O3. The van der Waals surface area contributed by atoms with Gasteiger partial charge in [0.2, 0.25) is 0 Å². The van der Waals surface area contributed by atoms with E-state index in [4.69, 9.17) is 9.15 Å². The molecule has 2 aromatic carbocycles. The first kappa shape index (κ1) is 17.7. The number of amides is 1. The molecule has 0 radical (unpaired) electrons. The number of hydrogen-bond acceptors (Lipinski definition) is 5. The number of benzene rings is 2.